The summed E-state index contributed by atoms with van der Waals surface area (Å²) in [5.41, 5.74) is 7.26. The molecule has 2 rings (SSSR count). The summed E-state index contributed by atoms with van der Waals surface area (Å²) in [5, 5.41) is 2.97. The van der Waals surface area contributed by atoms with E-state index in [1.54, 1.807) is 19.1 Å². The van der Waals surface area contributed by atoms with Gasteiger partial charge in [-0.25, -0.2) is 4.79 Å². The minimum Gasteiger partial charge on any atom is -0.493 e. The third-order valence-corrected chi connectivity index (χ3v) is 4.46. The van der Waals surface area contributed by atoms with Gasteiger partial charge in [0.2, 0.25) is 5.91 Å². The normalized spacial score (nSPS) is 18.2. The number of primary amides is 1. The molecule has 24 heavy (non-hydrogen) atoms. The second kappa shape index (κ2) is 7.42. The van der Waals surface area contributed by atoms with E-state index >= 15 is 0 Å². The minimum absolute atomic E-state index is 0.194. The molecule has 132 valence electrons. The Labute approximate surface area is 142 Å². The number of benzene rings is 1. The van der Waals surface area contributed by atoms with Crippen molar-refractivity contribution in [3.05, 3.63) is 23.3 Å². The van der Waals surface area contributed by atoms with E-state index in [-0.39, 0.29) is 23.9 Å². The fraction of sp³-hybridized carbons (Fsp3) is 0.529. The summed E-state index contributed by atoms with van der Waals surface area (Å²) in [7, 11) is 3.17. The predicted molar refractivity (Wildman–Crippen MR) is 90.1 cm³/mol. The summed E-state index contributed by atoms with van der Waals surface area (Å²) in [6.07, 6.45) is 0.618. The van der Waals surface area contributed by atoms with Gasteiger partial charge in [0, 0.05) is 13.1 Å². The monoisotopic (exact) mass is 335 g/mol. The van der Waals surface area contributed by atoms with Gasteiger partial charge in [-0.1, -0.05) is 0 Å². The highest BCUT2D eigenvalue weighted by atomic mass is 16.5. The lowest BCUT2D eigenvalue weighted by atomic mass is 10.0. The molecule has 2 atom stereocenters. The summed E-state index contributed by atoms with van der Waals surface area (Å²) < 4.78 is 10.6. The van der Waals surface area contributed by atoms with Gasteiger partial charge in [-0.15, -0.1) is 0 Å². The zero-order chi connectivity index (χ0) is 17.9. The third-order valence-electron chi connectivity index (χ3n) is 4.46. The standard InChI is InChI=1S/C17H25N3O4/c1-10-7-14(23-3)15(24-4)8-13(10)11(2)19-17(22)20-6-5-12(9-20)16(18)21/h7-8,11-12H,5-6,9H2,1-4H3,(H2,18,21)(H,19,22)/t11-,12+/m1/s1. The summed E-state index contributed by atoms with van der Waals surface area (Å²) >= 11 is 0. The Morgan fingerprint density at radius 3 is 2.46 bits per heavy atom. The number of aryl methyl sites for hydroxylation is 1. The second-order valence-corrected chi connectivity index (χ2v) is 6.07. The molecule has 7 nitrogen and oxygen atoms in total. The highest BCUT2D eigenvalue weighted by molar-refractivity contribution is 5.80. The van der Waals surface area contributed by atoms with Gasteiger partial charge in [-0.2, -0.15) is 0 Å². The van der Waals surface area contributed by atoms with Crippen molar-refractivity contribution in [2.24, 2.45) is 11.7 Å². The number of hydrogen-bond donors (Lipinski definition) is 2. The maximum atomic E-state index is 12.4. The van der Waals surface area contributed by atoms with Crippen molar-refractivity contribution in [2.45, 2.75) is 26.3 Å². The van der Waals surface area contributed by atoms with Crippen LogP contribution in [0.4, 0.5) is 4.79 Å². The van der Waals surface area contributed by atoms with E-state index in [0.717, 1.165) is 11.1 Å². The van der Waals surface area contributed by atoms with E-state index in [1.165, 1.54) is 0 Å². The van der Waals surface area contributed by atoms with Gasteiger partial charge in [-0.05, 0) is 43.5 Å². The van der Waals surface area contributed by atoms with Crippen LogP contribution in [-0.2, 0) is 4.79 Å². The molecular weight excluding hydrogens is 310 g/mol. The first kappa shape index (κ1) is 17.9. The van der Waals surface area contributed by atoms with Crippen LogP contribution in [0.3, 0.4) is 0 Å². The highest BCUT2D eigenvalue weighted by Gasteiger charge is 2.30. The predicted octanol–water partition coefficient (Wildman–Crippen LogP) is 1.59. The number of nitrogens with one attached hydrogen (secondary N) is 1. The number of amides is 3. The molecule has 1 aliphatic heterocycles. The van der Waals surface area contributed by atoms with Crippen LogP contribution in [0, 0.1) is 12.8 Å². The van der Waals surface area contributed by atoms with Crippen LogP contribution < -0.4 is 20.5 Å². The Morgan fingerprint density at radius 1 is 1.29 bits per heavy atom. The van der Waals surface area contributed by atoms with Crippen molar-refractivity contribution < 1.29 is 19.1 Å². The summed E-state index contributed by atoms with van der Waals surface area (Å²) in [6, 6.07) is 3.36. The smallest absolute Gasteiger partial charge is 0.317 e. The molecule has 1 heterocycles. The first-order valence-corrected chi connectivity index (χ1v) is 7.94. The van der Waals surface area contributed by atoms with Gasteiger partial charge in [0.05, 0.1) is 26.2 Å². The molecule has 0 saturated carbocycles. The van der Waals surface area contributed by atoms with Crippen molar-refractivity contribution >= 4 is 11.9 Å². The van der Waals surface area contributed by atoms with E-state index in [2.05, 4.69) is 5.32 Å². The minimum atomic E-state index is -0.353. The molecule has 0 radical (unpaired) electrons. The SMILES string of the molecule is COc1cc(C)c([C@@H](C)NC(=O)N2CC[C@H](C(N)=O)C2)cc1OC. The molecule has 0 unspecified atom stereocenters. The number of urea groups is 1. The molecule has 0 spiro atoms. The van der Waals surface area contributed by atoms with Gasteiger partial charge in [-0.3, -0.25) is 4.79 Å². The molecule has 0 bridgehead atoms. The van der Waals surface area contributed by atoms with Crippen LogP contribution in [0.5, 0.6) is 11.5 Å². The topological polar surface area (TPSA) is 93.9 Å². The molecule has 1 saturated heterocycles. The number of nitrogens with two attached hydrogens (primary N) is 1. The molecule has 1 aliphatic rings. The van der Waals surface area contributed by atoms with E-state index in [1.807, 2.05) is 26.0 Å². The van der Waals surface area contributed by atoms with Gasteiger partial charge in [0.25, 0.3) is 0 Å². The van der Waals surface area contributed by atoms with Crippen molar-refractivity contribution in [3.63, 3.8) is 0 Å². The van der Waals surface area contributed by atoms with Crippen LogP contribution >= 0.6 is 0 Å². The summed E-state index contributed by atoms with van der Waals surface area (Å²) in [6.45, 7) is 4.78. The van der Waals surface area contributed by atoms with Gasteiger partial charge in [0.1, 0.15) is 0 Å². The number of nitrogens with zero attached hydrogens (tertiary/aromatic N) is 1. The molecule has 3 N–H and O–H groups in total. The van der Waals surface area contributed by atoms with E-state index < -0.39 is 0 Å². The lowest BCUT2D eigenvalue weighted by molar-refractivity contribution is -0.121. The van der Waals surface area contributed by atoms with Gasteiger partial charge < -0.3 is 25.4 Å². The average Bonchev–Trinajstić information content (AvgIpc) is 3.04. The van der Waals surface area contributed by atoms with Gasteiger partial charge >= 0.3 is 6.03 Å². The zero-order valence-corrected chi connectivity index (χ0v) is 14.6. The van der Waals surface area contributed by atoms with Crippen LogP contribution in [-0.4, -0.2) is 44.1 Å². The van der Waals surface area contributed by atoms with E-state index in [9.17, 15) is 9.59 Å². The quantitative estimate of drug-likeness (QED) is 0.854. The zero-order valence-electron chi connectivity index (χ0n) is 14.6. The van der Waals surface area contributed by atoms with Crippen LogP contribution in [0.2, 0.25) is 0 Å². The molecule has 1 fully saturated rings. The first-order valence-electron chi connectivity index (χ1n) is 7.94. The second-order valence-electron chi connectivity index (χ2n) is 6.07. The lowest BCUT2D eigenvalue weighted by Gasteiger charge is -2.23. The maximum Gasteiger partial charge on any atom is 0.317 e. The lowest BCUT2D eigenvalue weighted by Crippen LogP contribution is -2.40. The van der Waals surface area contributed by atoms with E-state index in [0.29, 0.717) is 31.0 Å². The Kier molecular flexibility index (Phi) is 5.54. The third kappa shape index (κ3) is 3.72. The molecule has 0 aromatic heterocycles. The number of methoxy groups -OCH3 is 2. The fourth-order valence-corrected chi connectivity index (χ4v) is 2.99. The Balaban J connectivity index is 2.08. The Hall–Kier alpha value is -2.44. The van der Waals surface area contributed by atoms with Crippen LogP contribution in [0.25, 0.3) is 0 Å². The Bertz CT molecular complexity index is 633. The molecule has 7 heteroatoms. The first-order chi connectivity index (χ1) is 11.4. The molecule has 1 aromatic rings. The molecule has 0 aliphatic carbocycles. The van der Waals surface area contributed by atoms with Crippen molar-refractivity contribution in [1.82, 2.24) is 10.2 Å². The number of likely N-dealkylation sites (tertiary alicyclic amines) is 1. The van der Waals surface area contributed by atoms with Crippen LogP contribution in [0.1, 0.15) is 30.5 Å². The number of hydrogen-bond acceptors (Lipinski definition) is 4. The summed E-state index contributed by atoms with van der Waals surface area (Å²) in [4.78, 5) is 25.2. The number of carbonyl (C=O) groups is 2. The molecule has 1 aromatic carbocycles. The Morgan fingerprint density at radius 2 is 1.92 bits per heavy atom. The number of carbonyl (C=O) groups excluding carboxylic acids is 2. The highest BCUT2D eigenvalue weighted by Crippen LogP contribution is 2.33. The van der Waals surface area contributed by atoms with Crippen LogP contribution in [0.15, 0.2) is 12.1 Å². The largest absolute Gasteiger partial charge is 0.493 e. The average molecular weight is 335 g/mol. The van der Waals surface area contributed by atoms with Gasteiger partial charge in [0.15, 0.2) is 11.5 Å². The maximum absolute atomic E-state index is 12.4. The molecule has 3 amide bonds. The fourth-order valence-electron chi connectivity index (χ4n) is 2.99. The number of ether oxygens (including phenoxy) is 2. The van der Waals surface area contributed by atoms with Crippen molar-refractivity contribution in [2.75, 3.05) is 27.3 Å². The molecular formula is C17H25N3O4. The summed E-state index contributed by atoms with van der Waals surface area (Å²) in [5.74, 6) is 0.665. The van der Waals surface area contributed by atoms with Crippen molar-refractivity contribution in [1.29, 1.82) is 0 Å². The van der Waals surface area contributed by atoms with E-state index in [4.69, 9.17) is 15.2 Å². The number of rotatable bonds is 5. The van der Waals surface area contributed by atoms with Crippen molar-refractivity contribution in [3.8, 4) is 11.5 Å².